The number of aliphatic hydroxyl groups excluding tert-OH is 1. The molecule has 3 N–H and O–H groups in total. The Labute approximate surface area is 118 Å². The molecule has 0 fully saturated rings. The Kier molecular flexibility index (Phi) is 6.24. The molecule has 0 saturated carbocycles. The van der Waals surface area contributed by atoms with Gasteiger partial charge >= 0.3 is 6.03 Å². The summed E-state index contributed by atoms with van der Waals surface area (Å²) in [6.45, 7) is 3.85. The molecule has 0 aliphatic rings. The van der Waals surface area contributed by atoms with Crippen LogP contribution in [0.2, 0.25) is 0 Å². The minimum absolute atomic E-state index is 0.147. The first-order valence-electron chi connectivity index (χ1n) is 6.48. The standard InChI is InChI=1S/C14H21FN2O3/c1-9(2)6-11(8-18)16-14(19)17-12-7-10(15)4-5-13(12)20-3/h4-5,7,9,11,18H,6,8H2,1-3H3,(H2,16,17,19). The van der Waals surface area contributed by atoms with Crippen molar-refractivity contribution in [1.29, 1.82) is 0 Å². The van der Waals surface area contributed by atoms with Gasteiger partial charge in [-0.2, -0.15) is 0 Å². The van der Waals surface area contributed by atoms with Crippen LogP contribution in [0, 0.1) is 11.7 Å². The summed E-state index contributed by atoms with van der Waals surface area (Å²) in [5.74, 6) is 0.240. The van der Waals surface area contributed by atoms with Crippen LogP contribution >= 0.6 is 0 Å². The van der Waals surface area contributed by atoms with E-state index in [1.165, 1.54) is 25.3 Å². The molecule has 1 rings (SSSR count). The summed E-state index contributed by atoms with van der Waals surface area (Å²) < 4.78 is 18.2. The lowest BCUT2D eigenvalue weighted by molar-refractivity contribution is 0.214. The molecule has 0 bridgehead atoms. The number of hydrogen-bond donors (Lipinski definition) is 3. The predicted octanol–water partition coefficient (Wildman–Crippen LogP) is 2.36. The van der Waals surface area contributed by atoms with Crippen molar-refractivity contribution in [3.05, 3.63) is 24.0 Å². The number of rotatable bonds is 6. The molecule has 20 heavy (non-hydrogen) atoms. The van der Waals surface area contributed by atoms with E-state index < -0.39 is 11.8 Å². The zero-order valence-electron chi connectivity index (χ0n) is 11.9. The quantitative estimate of drug-likeness (QED) is 0.751. The highest BCUT2D eigenvalue weighted by Crippen LogP contribution is 2.24. The topological polar surface area (TPSA) is 70.6 Å². The van der Waals surface area contributed by atoms with Crippen molar-refractivity contribution in [3.63, 3.8) is 0 Å². The highest BCUT2D eigenvalue weighted by molar-refractivity contribution is 5.91. The molecule has 2 amide bonds. The second kappa shape index (κ2) is 7.69. The second-order valence-corrected chi connectivity index (χ2v) is 4.95. The second-order valence-electron chi connectivity index (χ2n) is 4.95. The molecule has 0 spiro atoms. The van der Waals surface area contributed by atoms with E-state index in [4.69, 9.17) is 4.74 Å². The van der Waals surface area contributed by atoms with Crippen molar-refractivity contribution in [1.82, 2.24) is 5.32 Å². The largest absolute Gasteiger partial charge is 0.495 e. The van der Waals surface area contributed by atoms with Gasteiger partial charge in [0.1, 0.15) is 11.6 Å². The molecule has 1 aromatic rings. The van der Waals surface area contributed by atoms with Crippen molar-refractivity contribution >= 4 is 11.7 Å². The number of halogens is 1. The zero-order valence-corrected chi connectivity index (χ0v) is 11.9. The molecule has 1 aromatic carbocycles. The summed E-state index contributed by atoms with van der Waals surface area (Å²) in [6, 6.07) is 3.01. The summed E-state index contributed by atoms with van der Waals surface area (Å²) in [5.41, 5.74) is 0.242. The number of ether oxygens (including phenoxy) is 1. The Bertz CT molecular complexity index is 452. The number of carbonyl (C=O) groups excluding carboxylic acids is 1. The maximum absolute atomic E-state index is 13.2. The van der Waals surface area contributed by atoms with Gasteiger partial charge in [0.2, 0.25) is 0 Å². The number of benzene rings is 1. The van der Waals surface area contributed by atoms with E-state index in [9.17, 15) is 14.3 Å². The number of hydrogen-bond acceptors (Lipinski definition) is 3. The normalized spacial score (nSPS) is 12.1. The van der Waals surface area contributed by atoms with Crippen LogP contribution < -0.4 is 15.4 Å². The van der Waals surface area contributed by atoms with Crippen LogP contribution in [0.5, 0.6) is 5.75 Å². The van der Waals surface area contributed by atoms with E-state index in [1.807, 2.05) is 13.8 Å². The number of nitrogens with one attached hydrogen (secondary N) is 2. The number of anilines is 1. The fourth-order valence-electron chi connectivity index (χ4n) is 1.87. The third kappa shape index (κ3) is 5.05. The molecule has 1 unspecified atom stereocenters. The third-order valence-electron chi connectivity index (χ3n) is 2.72. The van der Waals surface area contributed by atoms with Crippen LogP contribution in [0.4, 0.5) is 14.9 Å². The Morgan fingerprint density at radius 3 is 2.70 bits per heavy atom. The van der Waals surface area contributed by atoms with Crippen LogP contribution in [0.15, 0.2) is 18.2 Å². The van der Waals surface area contributed by atoms with Gasteiger partial charge < -0.3 is 20.5 Å². The van der Waals surface area contributed by atoms with Crippen molar-refractivity contribution in [2.75, 3.05) is 19.0 Å². The van der Waals surface area contributed by atoms with E-state index >= 15 is 0 Å². The SMILES string of the molecule is COc1ccc(F)cc1NC(=O)NC(CO)CC(C)C. The maximum atomic E-state index is 13.2. The minimum Gasteiger partial charge on any atom is -0.495 e. The first kappa shape index (κ1) is 16.2. The van der Waals surface area contributed by atoms with Crippen molar-refractivity contribution in [2.24, 2.45) is 5.92 Å². The third-order valence-corrected chi connectivity index (χ3v) is 2.72. The maximum Gasteiger partial charge on any atom is 0.319 e. The van der Waals surface area contributed by atoms with E-state index in [0.717, 1.165) is 0 Å². The van der Waals surface area contributed by atoms with Gasteiger partial charge in [-0.05, 0) is 24.5 Å². The molecule has 112 valence electrons. The van der Waals surface area contributed by atoms with Crippen LogP contribution in [0.3, 0.4) is 0 Å². The minimum atomic E-state index is -0.506. The number of amides is 2. The number of methoxy groups -OCH3 is 1. The Morgan fingerprint density at radius 1 is 1.45 bits per heavy atom. The fourth-order valence-corrected chi connectivity index (χ4v) is 1.87. The first-order valence-corrected chi connectivity index (χ1v) is 6.48. The molecular weight excluding hydrogens is 263 g/mol. The van der Waals surface area contributed by atoms with E-state index in [1.54, 1.807) is 0 Å². The lowest BCUT2D eigenvalue weighted by Gasteiger charge is -2.19. The van der Waals surface area contributed by atoms with E-state index in [2.05, 4.69) is 10.6 Å². The molecule has 1 atom stereocenters. The molecular formula is C14H21FN2O3. The molecule has 0 saturated heterocycles. The molecule has 0 aliphatic heterocycles. The number of aliphatic hydroxyl groups is 1. The summed E-state index contributed by atoms with van der Waals surface area (Å²) in [7, 11) is 1.44. The molecule has 5 nitrogen and oxygen atoms in total. The highest BCUT2D eigenvalue weighted by Gasteiger charge is 2.14. The number of carbonyl (C=O) groups is 1. The molecule has 0 aromatic heterocycles. The highest BCUT2D eigenvalue weighted by atomic mass is 19.1. The van der Waals surface area contributed by atoms with Crippen molar-refractivity contribution in [3.8, 4) is 5.75 Å². The van der Waals surface area contributed by atoms with E-state index in [-0.39, 0.29) is 18.3 Å². The number of urea groups is 1. The van der Waals surface area contributed by atoms with Gasteiger partial charge in [-0.25, -0.2) is 9.18 Å². The summed E-state index contributed by atoms with van der Waals surface area (Å²) in [6.07, 6.45) is 0.657. The van der Waals surface area contributed by atoms with Gasteiger partial charge in [0.15, 0.2) is 0 Å². The average Bonchev–Trinajstić information content (AvgIpc) is 2.37. The Hall–Kier alpha value is -1.82. The van der Waals surface area contributed by atoms with Gasteiger partial charge in [0.25, 0.3) is 0 Å². The zero-order chi connectivity index (χ0) is 15.1. The fraction of sp³-hybridized carbons (Fsp3) is 0.500. The van der Waals surface area contributed by atoms with Crippen molar-refractivity contribution < 1.29 is 19.0 Å². The van der Waals surface area contributed by atoms with Gasteiger partial charge in [-0.1, -0.05) is 13.8 Å². The van der Waals surface area contributed by atoms with Gasteiger partial charge in [-0.3, -0.25) is 0 Å². The van der Waals surface area contributed by atoms with Gasteiger partial charge in [0.05, 0.1) is 25.4 Å². The molecule has 0 radical (unpaired) electrons. The Morgan fingerprint density at radius 2 is 2.15 bits per heavy atom. The van der Waals surface area contributed by atoms with Crippen molar-refractivity contribution in [2.45, 2.75) is 26.3 Å². The Balaban J connectivity index is 2.68. The monoisotopic (exact) mass is 284 g/mol. The summed E-state index contributed by atoms with van der Waals surface area (Å²) in [5, 5.41) is 14.4. The van der Waals surface area contributed by atoms with E-state index in [0.29, 0.717) is 18.1 Å². The summed E-state index contributed by atoms with van der Waals surface area (Å²) >= 11 is 0. The average molecular weight is 284 g/mol. The smallest absolute Gasteiger partial charge is 0.319 e. The van der Waals surface area contributed by atoms with Gasteiger partial charge in [0, 0.05) is 6.07 Å². The first-order chi connectivity index (χ1) is 9.46. The lowest BCUT2D eigenvalue weighted by atomic mass is 10.0. The molecule has 0 heterocycles. The molecule has 6 heteroatoms. The van der Waals surface area contributed by atoms with Gasteiger partial charge in [-0.15, -0.1) is 0 Å². The lowest BCUT2D eigenvalue weighted by Crippen LogP contribution is -2.41. The predicted molar refractivity (Wildman–Crippen MR) is 75.4 cm³/mol. The molecule has 0 aliphatic carbocycles. The van der Waals surface area contributed by atoms with Crippen LogP contribution in [-0.4, -0.2) is 30.9 Å². The van der Waals surface area contributed by atoms with Crippen LogP contribution in [0.1, 0.15) is 20.3 Å². The van der Waals surface area contributed by atoms with Crippen LogP contribution in [-0.2, 0) is 0 Å². The van der Waals surface area contributed by atoms with Crippen LogP contribution in [0.25, 0.3) is 0 Å². The summed E-state index contributed by atoms with van der Waals surface area (Å²) in [4.78, 5) is 11.8.